The molecule has 0 radical (unpaired) electrons. The molecule has 1 amide bonds. The van der Waals surface area contributed by atoms with E-state index in [9.17, 15) is 4.79 Å². The lowest BCUT2D eigenvalue weighted by Gasteiger charge is -2.21. The van der Waals surface area contributed by atoms with E-state index < -0.39 is 0 Å². The van der Waals surface area contributed by atoms with Crippen LogP contribution in [-0.2, 0) is 9.53 Å². The summed E-state index contributed by atoms with van der Waals surface area (Å²) in [6.45, 7) is 0.638. The molecule has 17 heavy (non-hydrogen) atoms. The van der Waals surface area contributed by atoms with E-state index in [4.69, 9.17) is 10.00 Å². The molecule has 1 saturated heterocycles. The molecule has 2 heterocycles. The second-order valence-electron chi connectivity index (χ2n) is 3.89. The molecule has 5 nitrogen and oxygen atoms in total. The molecule has 5 heteroatoms. The van der Waals surface area contributed by atoms with Gasteiger partial charge in [0, 0.05) is 12.8 Å². The summed E-state index contributed by atoms with van der Waals surface area (Å²) in [4.78, 5) is 15.8. The summed E-state index contributed by atoms with van der Waals surface area (Å²) in [7, 11) is 0. The lowest BCUT2D eigenvalue weighted by atomic mass is 10.1. The SMILES string of the molecule is N#Cc1ccc(NC(=O)C2CCCCO2)nc1. The Bertz CT molecular complexity index is 430. The number of hydrogen-bond acceptors (Lipinski definition) is 4. The van der Waals surface area contributed by atoms with Gasteiger partial charge in [-0.1, -0.05) is 0 Å². The van der Waals surface area contributed by atoms with Gasteiger partial charge in [-0.3, -0.25) is 4.79 Å². The Morgan fingerprint density at radius 3 is 3.00 bits per heavy atom. The number of amides is 1. The van der Waals surface area contributed by atoms with Gasteiger partial charge < -0.3 is 10.1 Å². The smallest absolute Gasteiger partial charge is 0.254 e. The van der Waals surface area contributed by atoms with E-state index in [1.54, 1.807) is 12.1 Å². The van der Waals surface area contributed by atoms with E-state index in [1.807, 2.05) is 6.07 Å². The Morgan fingerprint density at radius 1 is 1.53 bits per heavy atom. The van der Waals surface area contributed by atoms with Crippen molar-refractivity contribution in [3.63, 3.8) is 0 Å². The fraction of sp³-hybridized carbons (Fsp3) is 0.417. The summed E-state index contributed by atoms with van der Waals surface area (Å²) in [6, 6.07) is 5.20. The second kappa shape index (κ2) is 5.41. The molecular formula is C12H13N3O2. The maximum atomic E-state index is 11.8. The van der Waals surface area contributed by atoms with E-state index in [1.165, 1.54) is 6.20 Å². The number of carbonyl (C=O) groups excluding carboxylic acids is 1. The Balaban J connectivity index is 1.95. The van der Waals surface area contributed by atoms with Crippen molar-refractivity contribution >= 4 is 11.7 Å². The Labute approximate surface area is 99.4 Å². The van der Waals surface area contributed by atoms with Crippen LogP contribution >= 0.6 is 0 Å². The van der Waals surface area contributed by atoms with Gasteiger partial charge in [0.1, 0.15) is 18.0 Å². The summed E-state index contributed by atoms with van der Waals surface area (Å²) >= 11 is 0. The van der Waals surface area contributed by atoms with Crippen molar-refractivity contribution in [3.05, 3.63) is 23.9 Å². The standard InChI is InChI=1S/C12H13N3O2/c13-7-9-4-5-11(14-8-9)15-12(16)10-3-1-2-6-17-10/h4-5,8,10H,1-3,6H2,(H,14,15,16). The number of carbonyl (C=O) groups is 1. The molecule has 1 N–H and O–H groups in total. The van der Waals surface area contributed by atoms with Crippen molar-refractivity contribution in [2.45, 2.75) is 25.4 Å². The minimum Gasteiger partial charge on any atom is -0.368 e. The van der Waals surface area contributed by atoms with Crippen molar-refractivity contribution in [2.24, 2.45) is 0 Å². The maximum absolute atomic E-state index is 11.8. The first-order valence-corrected chi connectivity index (χ1v) is 5.58. The highest BCUT2D eigenvalue weighted by atomic mass is 16.5. The molecule has 0 aromatic carbocycles. The van der Waals surface area contributed by atoms with E-state index in [0.717, 1.165) is 19.3 Å². The average molecular weight is 231 g/mol. The molecule has 2 rings (SSSR count). The molecule has 1 fully saturated rings. The van der Waals surface area contributed by atoms with Crippen LogP contribution in [-0.4, -0.2) is 23.6 Å². The Hall–Kier alpha value is -1.93. The maximum Gasteiger partial charge on any atom is 0.254 e. The highest BCUT2D eigenvalue weighted by Gasteiger charge is 2.21. The van der Waals surface area contributed by atoms with Gasteiger partial charge in [0.15, 0.2) is 0 Å². The number of ether oxygens (including phenoxy) is 1. The third-order valence-corrected chi connectivity index (χ3v) is 2.62. The van der Waals surface area contributed by atoms with Gasteiger partial charge in [-0.2, -0.15) is 5.26 Å². The van der Waals surface area contributed by atoms with Crippen LogP contribution in [0, 0.1) is 11.3 Å². The number of anilines is 1. The van der Waals surface area contributed by atoms with E-state index in [-0.39, 0.29) is 12.0 Å². The van der Waals surface area contributed by atoms with Crippen LogP contribution in [0.15, 0.2) is 18.3 Å². The molecule has 0 bridgehead atoms. The monoisotopic (exact) mass is 231 g/mol. The number of pyridine rings is 1. The molecular weight excluding hydrogens is 218 g/mol. The van der Waals surface area contributed by atoms with Crippen molar-refractivity contribution < 1.29 is 9.53 Å². The summed E-state index contributed by atoms with van der Waals surface area (Å²) in [5.74, 6) is 0.282. The zero-order valence-electron chi connectivity index (χ0n) is 9.35. The topological polar surface area (TPSA) is 75.0 Å². The highest BCUT2D eigenvalue weighted by Crippen LogP contribution is 2.14. The highest BCUT2D eigenvalue weighted by molar-refractivity contribution is 5.93. The van der Waals surface area contributed by atoms with Crippen LogP contribution in [0.25, 0.3) is 0 Å². The van der Waals surface area contributed by atoms with Crippen LogP contribution in [0.5, 0.6) is 0 Å². The number of aromatic nitrogens is 1. The van der Waals surface area contributed by atoms with Gasteiger partial charge in [-0.15, -0.1) is 0 Å². The van der Waals surface area contributed by atoms with Gasteiger partial charge >= 0.3 is 0 Å². The Kier molecular flexibility index (Phi) is 3.68. The van der Waals surface area contributed by atoms with Gasteiger partial charge in [-0.05, 0) is 31.4 Å². The van der Waals surface area contributed by atoms with Crippen molar-refractivity contribution in [1.82, 2.24) is 4.98 Å². The van der Waals surface area contributed by atoms with Gasteiger partial charge in [0.2, 0.25) is 0 Å². The molecule has 88 valence electrons. The van der Waals surface area contributed by atoms with Crippen molar-refractivity contribution in [3.8, 4) is 6.07 Å². The fourth-order valence-corrected chi connectivity index (χ4v) is 1.69. The minimum absolute atomic E-state index is 0.165. The first kappa shape index (κ1) is 11.6. The first-order chi connectivity index (χ1) is 8.29. The molecule has 1 aromatic rings. The van der Waals surface area contributed by atoms with Crippen LogP contribution < -0.4 is 5.32 Å². The van der Waals surface area contributed by atoms with Gasteiger partial charge in [0.25, 0.3) is 5.91 Å². The summed E-state index contributed by atoms with van der Waals surface area (Å²) < 4.78 is 5.36. The number of hydrogen-bond donors (Lipinski definition) is 1. The van der Waals surface area contributed by atoms with E-state index in [0.29, 0.717) is 18.0 Å². The average Bonchev–Trinajstić information content (AvgIpc) is 2.40. The minimum atomic E-state index is -0.374. The largest absolute Gasteiger partial charge is 0.368 e. The predicted octanol–water partition coefficient (Wildman–Crippen LogP) is 1.46. The number of rotatable bonds is 2. The number of nitrogens with zero attached hydrogens (tertiary/aromatic N) is 2. The molecule has 1 atom stereocenters. The zero-order chi connectivity index (χ0) is 12.1. The normalized spacial score (nSPS) is 19.4. The van der Waals surface area contributed by atoms with Gasteiger partial charge in [0.05, 0.1) is 5.56 Å². The molecule has 1 aliphatic rings. The quantitative estimate of drug-likeness (QED) is 0.836. The molecule has 0 spiro atoms. The number of nitrogens with one attached hydrogen (secondary N) is 1. The summed E-state index contributed by atoms with van der Waals surface area (Å²) in [5.41, 5.74) is 0.469. The van der Waals surface area contributed by atoms with Crippen LogP contribution in [0.3, 0.4) is 0 Å². The Morgan fingerprint density at radius 2 is 2.41 bits per heavy atom. The molecule has 1 unspecified atom stereocenters. The lowest BCUT2D eigenvalue weighted by molar-refractivity contribution is -0.130. The summed E-state index contributed by atoms with van der Waals surface area (Å²) in [6.07, 6.45) is 3.83. The zero-order valence-corrected chi connectivity index (χ0v) is 9.35. The predicted molar refractivity (Wildman–Crippen MR) is 61.2 cm³/mol. The van der Waals surface area contributed by atoms with Gasteiger partial charge in [-0.25, -0.2) is 4.98 Å². The molecule has 1 aromatic heterocycles. The molecule has 0 aliphatic carbocycles. The van der Waals surface area contributed by atoms with Crippen LogP contribution in [0.2, 0.25) is 0 Å². The third kappa shape index (κ3) is 3.02. The fourth-order valence-electron chi connectivity index (χ4n) is 1.69. The molecule has 0 saturated carbocycles. The lowest BCUT2D eigenvalue weighted by Crippen LogP contribution is -2.33. The van der Waals surface area contributed by atoms with Crippen molar-refractivity contribution in [1.29, 1.82) is 5.26 Å². The van der Waals surface area contributed by atoms with Crippen LogP contribution in [0.4, 0.5) is 5.82 Å². The summed E-state index contributed by atoms with van der Waals surface area (Å²) in [5, 5.41) is 11.3. The first-order valence-electron chi connectivity index (χ1n) is 5.58. The third-order valence-electron chi connectivity index (χ3n) is 2.62. The van der Waals surface area contributed by atoms with Crippen LogP contribution in [0.1, 0.15) is 24.8 Å². The van der Waals surface area contributed by atoms with E-state index in [2.05, 4.69) is 10.3 Å². The molecule has 1 aliphatic heterocycles. The van der Waals surface area contributed by atoms with E-state index >= 15 is 0 Å². The second-order valence-corrected chi connectivity index (χ2v) is 3.89. The van der Waals surface area contributed by atoms with Crippen molar-refractivity contribution in [2.75, 3.05) is 11.9 Å². The number of nitriles is 1.